The van der Waals surface area contributed by atoms with E-state index in [2.05, 4.69) is 23.8 Å². The number of aromatic nitrogens is 2. The zero-order valence-corrected chi connectivity index (χ0v) is 17.2. The van der Waals surface area contributed by atoms with E-state index in [0.29, 0.717) is 18.0 Å². The Labute approximate surface area is 170 Å². The van der Waals surface area contributed by atoms with E-state index in [0.717, 1.165) is 23.3 Å². The molecule has 1 aromatic heterocycles. The fourth-order valence-corrected chi connectivity index (χ4v) is 4.09. The van der Waals surface area contributed by atoms with Gasteiger partial charge >= 0.3 is 6.01 Å². The quantitative estimate of drug-likeness (QED) is 0.709. The smallest absolute Gasteiger partial charge is 0.322 e. The fourth-order valence-electron chi connectivity index (χ4n) is 4.09. The van der Waals surface area contributed by atoms with Gasteiger partial charge in [-0.1, -0.05) is 33.8 Å². The lowest BCUT2D eigenvalue weighted by molar-refractivity contribution is -0.124. The van der Waals surface area contributed by atoms with Crippen LogP contribution < -0.4 is 9.64 Å². The molecule has 0 spiro atoms. The van der Waals surface area contributed by atoms with Crippen molar-refractivity contribution in [2.45, 2.75) is 59.2 Å². The first kappa shape index (κ1) is 19.5. The standard InChI is InChI=1S/C22H25N3O4/c1-5-22(6-2)17-9-16(8-7-14(17)13-28-22)29-20-23-11-15(12-24-20)25-18(26)10-21(3,4)19(25)27/h7-9,11-12H,5-6,10,13H2,1-4H3. The Balaban J connectivity index is 1.55. The van der Waals surface area contributed by atoms with Gasteiger partial charge in [0.1, 0.15) is 5.75 Å². The lowest BCUT2D eigenvalue weighted by Crippen LogP contribution is -2.33. The topological polar surface area (TPSA) is 81.6 Å². The molecule has 1 aromatic carbocycles. The lowest BCUT2D eigenvalue weighted by Gasteiger charge is -2.26. The van der Waals surface area contributed by atoms with Gasteiger partial charge in [0.15, 0.2) is 0 Å². The van der Waals surface area contributed by atoms with Crippen molar-refractivity contribution in [3.05, 3.63) is 41.7 Å². The van der Waals surface area contributed by atoms with Gasteiger partial charge in [-0.2, -0.15) is 0 Å². The largest absolute Gasteiger partial charge is 0.424 e. The van der Waals surface area contributed by atoms with Gasteiger partial charge in [-0.05, 0) is 36.1 Å². The van der Waals surface area contributed by atoms with Crippen molar-refractivity contribution in [3.8, 4) is 11.8 Å². The predicted molar refractivity (Wildman–Crippen MR) is 106 cm³/mol. The van der Waals surface area contributed by atoms with Crippen LogP contribution in [0.3, 0.4) is 0 Å². The number of carbonyl (C=O) groups excluding carboxylic acids is 2. The van der Waals surface area contributed by atoms with Crippen molar-refractivity contribution < 1.29 is 19.1 Å². The van der Waals surface area contributed by atoms with E-state index < -0.39 is 5.41 Å². The summed E-state index contributed by atoms with van der Waals surface area (Å²) in [7, 11) is 0. The summed E-state index contributed by atoms with van der Waals surface area (Å²) in [6, 6.07) is 6.03. The maximum absolute atomic E-state index is 12.4. The Morgan fingerprint density at radius 1 is 1.14 bits per heavy atom. The number of rotatable bonds is 5. The molecular formula is C22H25N3O4. The number of hydrogen-bond acceptors (Lipinski definition) is 6. The van der Waals surface area contributed by atoms with Crippen LogP contribution in [0.25, 0.3) is 0 Å². The highest BCUT2D eigenvalue weighted by molar-refractivity contribution is 6.22. The van der Waals surface area contributed by atoms with Gasteiger partial charge in [0.05, 0.1) is 35.7 Å². The van der Waals surface area contributed by atoms with Crippen molar-refractivity contribution in [2.24, 2.45) is 5.41 Å². The molecule has 3 heterocycles. The second-order valence-corrected chi connectivity index (χ2v) is 8.23. The number of fused-ring (bicyclic) bond motifs is 1. The zero-order valence-electron chi connectivity index (χ0n) is 17.2. The van der Waals surface area contributed by atoms with E-state index in [9.17, 15) is 9.59 Å². The van der Waals surface area contributed by atoms with E-state index in [1.807, 2.05) is 18.2 Å². The summed E-state index contributed by atoms with van der Waals surface area (Å²) in [6.07, 6.45) is 4.84. The lowest BCUT2D eigenvalue weighted by atomic mass is 9.87. The molecule has 7 heteroatoms. The Kier molecular flexibility index (Phi) is 4.65. The first-order chi connectivity index (χ1) is 13.8. The van der Waals surface area contributed by atoms with Gasteiger partial charge in [0, 0.05) is 6.42 Å². The molecule has 2 aromatic rings. The number of nitrogens with zero attached hydrogens (tertiary/aromatic N) is 3. The number of carbonyl (C=O) groups is 2. The number of anilines is 1. The van der Waals surface area contributed by atoms with Crippen molar-refractivity contribution >= 4 is 17.5 Å². The minimum absolute atomic E-state index is 0.157. The van der Waals surface area contributed by atoms with E-state index in [4.69, 9.17) is 9.47 Å². The maximum Gasteiger partial charge on any atom is 0.322 e. The molecule has 4 rings (SSSR count). The summed E-state index contributed by atoms with van der Waals surface area (Å²) >= 11 is 0. The van der Waals surface area contributed by atoms with Crippen LogP contribution in [0.1, 0.15) is 58.1 Å². The summed E-state index contributed by atoms with van der Waals surface area (Å²) in [5.41, 5.74) is 1.70. The Morgan fingerprint density at radius 2 is 1.83 bits per heavy atom. The van der Waals surface area contributed by atoms with Crippen LogP contribution in [0, 0.1) is 5.41 Å². The summed E-state index contributed by atoms with van der Waals surface area (Å²) < 4.78 is 11.9. The van der Waals surface area contributed by atoms with E-state index in [1.165, 1.54) is 18.0 Å². The third kappa shape index (κ3) is 3.19. The van der Waals surface area contributed by atoms with Crippen LogP contribution in [-0.4, -0.2) is 21.8 Å². The molecular weight excluding hydrogens is 370 g/mol. The van der Waals surface area contributed by atoms with Crippen LogP contribution in [0.2, 0.25) is 0 Å². The van der Waals surface area contributed by atoms with Crippen LogP contribution in [0.15, 0.2) is 30.6 Å². The monoisotopic (exact) mass is 395 g/mol. The molecule has 7 nitrogen and oxygen atoms in total. The molecule has 0 aliphatic carbocycles. The summed E-state index contributed by atoms with van der Waals surface area (Å²) in [5.74, 6) is 0.142. The molecule has 2 aliphatic heterocycles. The molecule has 0 unspecified atom stereocenters. The predicted octanol–water partition coefficient (Wildman–Crippen LogP) is 4.10. The van der Waals surface area contributed by atoms with Gasteiger partial charge in [0.25, 0.3) is 0 Å². The summed E-state index contributed by atoms with van der Waals surface area (Å²) in [5, 5.41) is 0. The van der Waals surface area contributed by atoms with Gasteiger partial charge in [-0.3, -0.25) is 9.59 Å². The molecule has 0 bridgehead atoms. The molecule has 0 saturated carbocycles. The first-order valence-corrected chi connectivity index (χ1v) is 9.94. The highest BCUT2D eigenvalue weighted by Crippen LogP contribution is 2.43. The van der Waals surface area contributed by atoms with Crippen LogP contribution in [0.5, 0.6) is 11.8 Å². The molecule has 2 aliphatic rings. The van der Waals surface area contributed by atoms with Crippen LogP contribution in [-0.2, 0) is 26.5 Å². The Hall–Kier alpha value is -2.80. The van der Waals surface area contributed by atoms with Crippen molar-refractivity contribution in [2.75, 3.05) is 4.90 Å². The highest BCUT2D eigenvalue weighted by Gasteiger charge is 2.45. The number of hydrogen-bond donors (Lipinski definition) is 0. The zero-order chi connectivity index (χ0) is 20.8. The number of ether oxygens (including phenoxy) is 2. The molecule has 0 radical (unpaired) electrons. The normalized spacial score (nSPS) is 19.5. The minimum Gasteiger partial charge on any atom is -0.424 e. The second kappa shape index (κ2) is 6.91. The van der Waals surface area contributed by atoms with Crippen LogP contribution in [0.4, 0.5) is 5.69 Å². The van der Waals surface area contributed by atoms with E-state index in [1.54, 1.807) is 13.8 Å². The Morgan fingerprint density at radius 3 is 2.41 bits per heavy atom. The SMILES string of the molecule is CCC1(CC)OCc2ccc(Oc3ncc(N4C(=O)CC(C)(C)C4=O)cn3)cc21. The fraction of sp³-hybridized carbons (Fsp3) is 0.455. The molecule has 0 atom stereocenters. The van der Waals surface area contributed by atoms with Crippen LogP contribution >= 0.6 is 0 Å². The van der Waals surface area contributed by atoms with Crippen molar-refractivity contribution in [1.82, 2.24) is 9.97 Å². The number of benzene rings is 1. The van der Waals surface area contributed by atoms with Gasteiger partial charge < -0.3 is 9.47 Å². The third-order valence-corrected chi connectivity index (χ3v) is 5.92. The van der Waals surface area contributed by atoms with E-state index in [-0.39, 0.29) is 29.8 Å². The molecule has 29 heavy (non-hydrogen) atoms. The third-order valence-electron chi connectivity index (χ3n) is 5.92. The average Bonchev–Trinajstić information content (AvgIpc) is 3.16. The van der Waals surface area contributed by atoms with Gasteiger partial charge in [0.2, 0.25) is 11.8 Å². The van der Waals surface area contributed by atoms with Crippen molar-refractivity contribution in [3.63, 3.8) is 0 Å². The molecule has 1 saturated heterocycles. The molecule has 0 N–H and O–H groups in total. The summed E-state index contributed by atoms with van der Waals surface area (Å²) in [4.78, 5) is 34.2. The van der Waals surface area contributed by atoms with Gasteiger partial charge in [-0.25, -0.2) is 14.9 Å². The highest BCUT2D eigenvalue weighted by atomic mass is 16.5. The van der Waals surface area contributed by atoms with Gasteiger partial charge in [-0.15, -0.1) is 0 Å². The molecule has 1 fully saturated rings. The maximum atomic E-state index is 12.4. The number of amides is 2. The average molecular weight is 395 g/mol. The number of imide groups is 1. The van der Waals surface area contributed by atoms with Crippen molar-refractivity contribution in [1.29, 1.82) is 0 Å². The Bertz CT molecular complexity index is 965. The molecule has 2 amide bonds. The first-order valence-electron chi connectivity index (χ1n) is 9.94. The minimum atomic E-state index is -0.705. The second-order valence-electron chi connectivity index (χ2n) is 8.23. The molecule has 152 valence electrons. The van der Waals surface area contributed by atoms with E-state index >= 15 is 0 Å². The summed E-state index contributed by atoms with van der Waals surface area (Å²) in [6.45, 7) is 8.37.